The van der Waals surface area contributed by atoms with Gasteiger partial charge in [-0.15, -0.1) is 0 Å². The maximum atomic E-state index is 11.9. The monoisotopic (exact) mass is 642 g/mol. The van der Waals surface area contributed by atoms with E-state index in [2.05, 4.69) is 13.8 Å². The standard InChI is InChI=1S/C40H82O3P/c1-3-5-7-9-11-13-15-17-19-21-23-25-27-29-31-33-35-37-39-42-44(41)43-40-38-36-34-32-30-28-26-24-22-20-18-16-14-12-10-8-6-4-2/h3-40H2,1-2H3/q-1. The van der Waals surface area contributed by atoms with Crippen LogP contribution >= 0.6 is 8.60 Å². The van der Waals surface area contributed by atoms with Crippen molar-refractivity contribution in [3.8, 4) is 0 Å². The summed E-state index contributed by atoms with van der Waals surface area (Å²) in [5, 5.41) is 0. The van der Waals surface area contributed by atoms with E-state index in [1.807, 2.05) is 0 Å². The summed E-state index contributed by atoms with van der Waals surface area (Å²) in [6.07, 6.45) is 49.6. The third kappa shape index (κ3) is 40.3. The van der Waals surface area contributed by atoms with Gasteiger partial charge in [0.05, 0.1) is 21.8 Å². The van der Waals surface area contributed by atoms with Crippen LogP contribution in [0.5, 0.6) is 0 Å². The molecule has 0 saturated carbocycles. The molecule has 0 amide bonds. The maximum absolute atomic E-state index is 11.9. The van der Waals surface area contributed by atoms with E-state index in [-0.39, 0.29) is 0 Å². The van der Waals surface area contributed by atoms with Crippen molar-refractivity contribution in [2.24, 2.45) is 0 Å². The Kier molecular flexibility index (Phi) is 41.6. The number of hydrogen-bond donors (Lipinski definition) is 0. The molecular formula is C40H82O3P-. The van der Waals surface area contributed by atoms with E-state index >= 15 is 0 Å². The molecule has 0 heterocycles. The van der Waals surface area contributed by atoms with Gasteiger partial charge in [0.1, 0.15) is 0 Å². The maximum Gasteiger partial charge on any atom is 0.0828 e. The highest BCUT2D eigenvalue weighted by Crippen LogP contribution is 2.28. The first-order chi connectivity index (χ1) is 21.8. The Balaban J connectivity index is 3.13. The van der Waals surface area contributed by atoms with Crippen LogP contribution in [0.2, 0.25) is 0 Å². The smallest absolute Gasteiger partial charge is 0.0828 e. The predicted octanol–water partition coefficient (Wildman–Crippen LogP) is 14.7. The van der Waals surface area contributed by atoms with E-state index in [4.69, 9.17) is 9.05 Å². The number of unbranched alkanes of at least 4 members (excludes halogenated alkanes) is 34. The van der Waals surface area contributed by atoms with Crippen LogP contribution in [0.1, 0.15) is 245 Å². The molecule has 0 aliphatic rings. The third-order valence-corrected chi connectivity index (χ3v) is 10.2. The Morgan fingerprint density at radius 2 is 0.432 bits per heavy atom. The van der Waals surface area contributed by atoms with Gasteiger partial charge in [0, 0.05) is 0 Å². The lowest BCUT2D eigenvalue weighted by Gasteiger charge is -2.22. The molecule has 0 fully saturated rings. The second-order valence-electron chi connectivity index (χ2n) is 13.9. The molecular weight excluding hydrogens is 559 g/mol. The van der Waals surface area contributed by atoms with Crippen LogP contribution in [0.4, 0.5) is 0 Å². The second-order valence-corrected chi connectivity index (χ2v) is 14.9. The first-order valence-corrected chi connectivity index (χ1v) is 21.6. The van der Waals surface area contributed by atoms with Gasteiger partial charge in [-0.05, 0) is 12.8 Å². The van der Waals surface area contributed by atoms with E-state index in [0.29, 0.717) is 13.2 Å². The average molecular weight is 642 g/mol. The minimum atomic E-state index is -1.92. The molecule has 4 heteroatoms. The zero-order valence-electron chi connectivity index (χ0n) is 30.5. The van der Waals surface area contributed by atoms with Gasteiger partial charge >= 0.3 is 0 Å². The molecule has 0 N–H and O–H groups in total. The Morgan fingerprint density at radius 3 is 0.614 bits per heavy atom. The molecule has 0 atom stereocenters. The highest BCUT2D eigenvalue weighted by atomic mass is 31.2. The first-order valence-electron chi connectivity index (χ1n) is 20.5. The number of rotatable bonds is 40. The predicted molar refractivity (Wildman–Crippen MR) is 196 cm³/mol. The summed E-state index contributed by atoms with van der Waals surface area (Å²) in [5.41, 5.74) is 0. The van der Waals surface area contributed by atoms with Gasteiger partial charge in [0.25, 0.3) is 0 Å². The molecule has 0 aromatic heterocycles. The van der Waals surface area contributed by atoms with Crippen LogP contribution in [0, 0.1) is 0 Å². The molecule has 0 unspecified atom stereocenters. The zero-order chi connectivity index (χ0) is 31.9. The van der Waals surface area contributed by atoms with Crippen LogP contribution in [0.25, 0.3) is 0 Å². The molecule has 0 aliphatic carbocycles. The van der Waals surface area contributed by atoms with Crippen molar-refractivity contribution < 1.29 is 13.9 Å². The molecule has 0 bridgehead atoms. The third-order valence-electron chi connectivity index (χ3n) is 9.39. The van der Waals surface area contributed by atoms with Crippen LogP contribution < -0.4 is 4.89 Å². The summed E-state index contributed by atoms with van der Waals surface area (Å²) in [5.74, 6) is 0. The van der Waals surface area contributed by atoms with Gasteiger partial charge < -0.3 is 13.9 Å². The van der Waals surface area contributed by atoms with Gasteiger partial charge in [-0.25, -0.2) is 0 Å². The summed E-state index contributed by atoms with van der Waals surface area (Å²) in [7, 11) is -1.92. The van der Waals surface area contributed by atoms with Crippen molar-refractivity contribution in [1.29, 1.82) is 0 Å². The molecule has 0 rings (SSSR count). The lowest BCUT2D eigenvalue weighted by molar-refractivity contribution is -0.204. The van der Waals surface area contributed by atoms with E-state index in [0.717, 1.165) is 12.8 Å². The van der Waals surface area contributed by atoms with Gasteiger partial charge in [0.2, 0.25) is 0 Å². The molecule has 3 nitrogen and oxygen atoms in total. The molecule has 0 aromatic rings. The van der Waals surface area contributed by atoms with E-state index in [1.54, 1.807) is 0 Å². The topological polar surface area (TPSA) is 41.5 Å². The van der Waals surface area contributed by atoms with Crippen LogP contribution in [0.3, 0.4) is 0 Å². The summed E-state index contributed by atoms with van der Waals surface area (Å²) in [6.45, 7) is 5.74. The fourth-order valence-corrected chi connectivity index (χ4v) is 6.95. The Hall–Kier alpha value is 0.310. The van der Waals surface area contributed by atoms with Crippen molar-refractivity contribution >= 4 is 8.60 Å². The average Bonchev–Trinajstić information content (AvgIpc) is 3.03. The van der Waals surface area contributed by atoms with Gasteiger partial charge in [0.15, 0.2) is 0 Å². The van der Waals surface area contributed by atoms with Crippen LogP contribution in [-0.4, -0.2) is 13.2 Å². The molecule has 0 spiro atoms. The zero-order valence-corrected chi connectivity index (χ0v) is 31.4. The van der Waals surface area contributed by atoms with Crippen molar-refractivity contribution in [2.45, 2.75) is 245 Å². The highest BCUT2D eigenvalue weighted by molar-refractivity contribution is 7.39. The Labute approximate surface area is 280 Å². The van der Waals surface area contributed by atoms with Crippen molar-refractivity contribution in [2.75, 3.05) is 13.2 Å². The lowest BCUT2D eigenvalue weighted by Crippen LogP contribution is -2.05. The fraction of sp³-hybridized carbons (Fsp3) is 1.00. The molecule has 0 radical (unpaired) electrons. The SMILES string of the molecule is CCCCCCCCCCCCCCCCCCCCOP([O-])OCCCCCCCCCCCCCCCCCCCC. The summed E-state index contributed by atoms with van der Waals surface area (Å²) in [4.78, 5) is 11.9. The van der Waals surface area contributed by atoms with E-state index in [1.165, 1.54) is 218 Å². The van der Waals surface area contributed by atoms with Crippen LogP contribution in [-0.2, 0) is 9.05 Å². The van der Waals surface area contributed by atoms with Gasteiger partial charge in [-0.1, -0.05) is 232 Å². The minimum Gasteiger partial charge on any atom is -0.786 e. The Bertz CT molecular complexity index is 447. The first kappa shape index (κ1) is 44.3. The molecule has 44 heavy (non-hydrogen) atoms. The fourth-order valence-electron chi connectivity index (χ4n) is 6.32. The lowest BCUT2D eigenvalue weighted by atomic mass is 10.0. The number of hydrogen-bond acceptors (Lipinski definition) is 3. The minimum absolute atomic E-state index is 0.576. The largest absolute Gasteiger partial charge is 0.786 e. The van der Waals surface area contributed by atoms with Gasteiger partial charge in [-0.2, -0.15) is 0 Å². The normalized spacial score (nSPS) is 11.7. The van der Waals surface area contributed by atoms with E-state index < -0.39 is 8.60 Å². The van der Waals surface area contributed by atoms with E-state index in [9.17, 15) is 4.89 Å². The quantitative estimate of drug-likeness (QED) is 0.0494. The van der Waals surface area contributed by atoms with Crippen LogP contribution in [0.15, 0.2) is 0 Å². The molecule has 0 saturated heterocycles. The van der Waals surface area contributed by atoms with Crippen molar-refractivity contribution in [1.82, 2.24) is 0 Å². The highest BCUT2D eigenvalue weighted by Gasteiger charge is 1.99. The molecule has 0 aliphatic heterocycles. The second kappa shape index (κ2) is 41.3. The molecule has 266 valence electrons. The summed E-state index contributed by atoms with van der Waals surface area (Å²) in [6, 6.07) is 0. The van der Waals surface area contributed by atoms with Crippen molar-refractivity contribution in [3.05, 3.63) is 0 Å². The summed E-state index contributed by atoms with van der Waals surface area (Å²) < 4.78 is 10.8. The molecule has 0 aromatic carbocycles. The Morgan fingerprint density at radius 1 is 0.273 bits per heavy atom. The van der Waals surface area contributed by atoms with Crippen molar-refractivity contribution in [3.63, 3.8) is 0 Å². The van der Waals surface area contributed by atoms with Gasteiger partial charge in [-0.3, -0.25) is 0 Å². The summed E-state index contributed by atoms with van der Waals surface area (Å²) >= 11 is 0.